The molecule has 0 saturated heterocycles. The third-order valence-corrected chi connectivity index (χ3v) is 4.28. The molecule has 1 fully saturated rings. The van der Waals surface area contributed by atoms with E-state index in [-0.39, 0.29) is 0 Å². The molecule has 0 amide bonds. The molecule has 0 heterocycles. The molecule has 90 valence electrons. The molecule has 0 aromatic rings. The van der Waals surface area contributed by atoms with Gasteiger partial charge < -0.3 is 10.6 Å². The van der Waals surface area contributed by atoms with Crippen LogP contribution in [-0.2, 0) is 0 Å². The normalized spacial score (nSPS) is 23.0. The van der Waals surface area contributed by atoms with Crippen LogP contribution in [0.4, 0.5) is 0 Å². The molecule has 0 spiro atoms. The third kappa shape index (κ3) is 3.46. The standard InChI is InChI=1S/C13H28N2/c1-4-12(2)15(3)11-13(10-14)8-6-5-7-9-13/h12H,4-11,14H2,1-3H3. The smallest absolute Gasteiger partial charge is 0.00614 e. The highest BCUT2D eigenvalue weighted by Crippen LogP contribution is 2.36. The van der Waals surface area contributed by atoms with Gasteiger partial charge in [-0.05, 0) is 45.2 Å². The predicted molar refractivity (Wildman–Crippen MR) is 67.0 cm³/mol. The van der Waals surface area contributed by atoms with Crippen LogP contribution < -0.4 is 5.73 Å². The largest absolute Gasteiger partial charge is 0.330 e. The lowest BCUT2D eigenvalue weighted by Gasteiger charge is -2.41. The van der Waals surface area contributed by atoms with Crippen molar-refractivity contribution in [1.29, 1.82) is 0 Å². The summed E-state index contributed by atoms with van der Waals surface area (Å²) in [6.07, 6.45) is 8.08. The van der Waals surface area contributed by atoms with Crippen molar-refractivity contribution in [3.05, 3.63) is 0 Å². The first-order valence-electron chi connectivity index (χ1n) is 6.54. The van der Waals surface area contributed by atoms with Crippen LogP contribution in [0.1, 0.15) is 52.4 Å². The minimum atomic E-state index is 0.427. The molecule has 1 saturated carbocycles. The number of nitrogens with zero attached hydrogens (tertiary/aromatic N) is 1. The zero-order valence-corrected chi connectivity index (χ0v) is 10.8. The van der Waals surface area contributed by atoms with Crippen molar-refractivity contribution in [3.63, 3.8) is 0 Å². The van der Waals surface area contributed by atoms with Crippen molar-refractivity contribution in [2.24, 2.45) is 11.1 Å². The molecule has 0 bridgehead atoms. The lowest BCUT2D eigenvalue weighted by atomic mass is 9.73. The minimum Gasteiger partial charge on any atom is -0.330 e. The Kier molecular flexibility index (Phi) is 5.07. The molecule has 2 nitrogen and oxygen atoms in total. The highest BCUT2D eigenvalue weighted by Gasteiger charge is 2.32. The van der Waals surface area contributed by atoms with Gasteiger partial charge in [0.2, 0.25) is 0 Å². The van der Waals surface area contributed by atoms with Crippen molar-refractivity contribution in [2.75, 3.05) is 20.1 Å². The molecule has 15 heavy (non-hydrogen) atoms. The van der Waals surface area contributed by atoms with Gasteiger partial charge in [-0.3, -0.25) is 0 Å². The number of nitrogens with two attached hydrogens (primary N) is 1. The fourth-order valence-corrected chi connectivity index (χ4v) is 2.73. The molecule has 0 aromatic heterocycles. The summed E-state index contributed by atoms with van der Waals surface area (Å²) in [4.78, 5) is 2.50. The van der Waals surface area contributed by atoms with Crippen molar-refractivity contribution in [2.45, 2.75) is 58.4 Å². The zero-order valence-electron chi connectivity index (χ0n) is 10.8. The summed E-state index contributed by atoms with van der Waals surface area (Å²) in [5.74, 6) is 0. The summed E-state index contributed by atoms with van der Waals surface area (Å²) in [7, 11) is 2.25. The Labute approximate surface area is 95.2 Å². The summed E-state index contributed by atoms with van der Waals surface area (Å²) >= 11 is 0. The maximum Gasteiger partial charge on any atom is 0.00614 e. The van der Waals surface area contributed by atoms with Gasteiger partial charge in [-0.25, -0.2) is 0 Å². The summed E-state index contributed by atoms with van der Waals surface area (Å²) in [5, 5.41) is 0. The molecule has 0 radical (unpaired) electrons. The second kappa shape index (κ2) is 5.86. The van der Waals surface area contributed by atoms with E-state index in [0.29, 0.717) is 11.5 Å². The summed E-state index contributed by atoms with van der Waals surface area (Å²) in [5.41, 5.74) is 6.43. The van der Waals surface area contributed by atoms with E-state index in [0.717, 1.165) is 6.54 Å². The number of hydrogen-bond donors (Lipinski definition) is 1. The Morgan fingerprint density at radius 3 is 2.33 bits per heavy atom. The van der Waals surface area contributed by atoms with Crippen LogP contribution >= 0.6 is 0 Å². The predicted octanol–water partition coefficient (Wildman–Crippen LogP) is 2.63. The van der Waals surface area contributed by atoms with Crippen molar-refractivity contribution < 1.29 is 0 Å². The number of rotatable bonds is 5. The van der Waals surface area contributed by atoms with Crippen LogP contribution in [0, 0.1) is 5.41 Å². The summed E-state index contributed by atoms with van der Waals surface area (Å²) < 4.78 is 0. The molecule has 0 aliphatic heterocycles. The van der Waals surface area contributed by atoms with Gasteiger partial charge in [0.25, 0.3) is 0 Å². The molecule has 1 unspecified atom stereocenters. The zero-order chi connectivity index (χ0) is 11.3. The van der Waals surface area contributed by atoms with Gasteiger partial charge in [0, 0.05) is 12.6 Å². The summed E-state index contributed by atoms with van der Waals surface area (Å²) in [6.45, 7) is 6.64. The molecule has 0 aromatic carbocycles. The quantitative estimate of drug-likeness (QED) is 0.759. The SMILES string of the molecule is CCC(C)N(C)CC1(CN)CCCCC1. The molecule has 1 atom stereocenters. The molecule has 2 heteroatoms. The Morgan fingerprint density at radius 1 is 1.27 bits per heavy atom. The first-order valence-corrected chi connectivity index (χ1v) is 6.54. The van der Waals surface area contributed by atoms with E-state index in [2.05, 4.69) is 25.8 Å². The van der Waals surface area contributed by atoms with E-state index < -0.39 is 0 Å². The van der Waals surface area contributed by atoms with Crippen LogP contribution in [0.3, 0.4) is 0 Å². The second-order valence-corrected chi connectivity index (χ2v) is 5.44. The van der Waals surface area contributed by atoms with E-state index in [9.17, 15) is 0 Å². The minimum absolute atomic E-state index is 0.427. The van der Waals surface area contributed by atoms with Gasteiger partial charge in [0.1, 0.15) is 0 Å². The van der Waals surface area contributed by atoms with Crippen LogP contribution in [0.25, 0.3) is 0 Å². The fraction of sp³-hybridized carbons (Fsp3) is 1.00. The van der Waals surface area contributed by atoms with Crippen LogP contribution in [0.2, 0.25) is 0 Å². The Morgan fingerprint density at radius 2 is 1.87 bits per heavy atom. The lowest BCUT2D eigenvalue weighted by molar-refractivity contribution is 0.104. The molecule has 1 rings (SSSR count). The highest BCUT2D eigenvalue weighted by molar-refractivity contribution is 4.87. The second-order valence-electron chi connectivity index (χ2n) is 5.44. The van der Waals surface area contributed by atoms with E-state index in [1.165, 1.54) is 45.1 Å². The molecular formula is C13H28N2. The fourth-order valence-electron chi connectivity index (χ4n) is 2.73. The number of hydrogen-bond acceptors (Lipinski definition) is 2. The van der Waals surface area contributed by atoms with Gasteiger partial charge in [0.05, 0.1) is 0 Å². The van der Waals surface area contributed by atoms with E-state index in [4.69, 9.17) is 5.73 Å². The van der Waals surface area contributed by atoms with Crippen LogP contribution in [0.15, 0.2) is 0 Å². The Hall–Kier alpha value is -0.0800. The first kappa shape index (κ1) is 13.0. The van der Waals surface area contributed by atoms with E-state index in [1.54, 1.807) is 0 Å². The third-order valence-electron chi connectivity index (χ3n) is 4.28. The monoisotopic (exact) mass is 212 g/mol. The average molecular weight is 212 g/mol. The van der Waals surface area contributed by atoms with E-state index in [1.807, 2.05) is 0 Å². The van der Waals surface area contributed by atoms with Crippen LogP contribution in [-0.4, -0.2) is 31.1 Å². The maximum absolute atomic E-state index is 6.00. The van der Waals surface area contributed by atoms with E-state index >= 15 is 0 Å². The van der Waals surface area contributed by atoms with Gasteiger partial charge in [-0.15, -0.1) is 0 Å². The lowest BCUT2D eigenvalue weighted by Crippen LogP contribution is -2.45. The Balaban J connectivity index is 2.51. The first-order chi connectivity index (χ1) is 7.13. The average Bonchev–Trinajstić information content (AvgIpc) is 2.29. The van der Waals surface area contributed by atoms with Crippen molar-refractivity contribution in [3.8, 4) is 0 Å². The maximum atomic E-state index is 6.00. The van der Waals surface area contributed by atoms with Gasteiger partial charge in [-0.2, -0.15) is 0 Å². The Bertz CT molecular complexity index is 173. The van der Waals surface area contributed by atoms with Crippen LogP contribution in [0.5, 0.6) is 0 Å². The van der Waals surface area contributed by atoms with Gasteiger partial charge in [-0.1, -0.05) is 26.2 Å². The molecule has 2 N–H and O–H groups in total. The molecule has 1 aliphatic carbocycles. The molecular weight excluding hydrogens is 184 g/mol. The molecule has 1 aliphatic rings. The highest BCUT2D eigenvalue weighted by atomic mass is 15.1. The van der Waals surface area contributed by atoms with Crippen molar-refractivity contribution in [1.82, 2.24) is 4.90 Å². The summed E-state index contributed by atoms with van der Waals surface area (Å²) in [6, 6.07) is 0.690. The van der Waals surface area contributed by atoms with Gasteiger partial charge in [0.15, 0.2) is 0 Å². The topological polar surface area (TPSA) is 29.3 Å². The van der Waals surface area contributed by atoms with Crippen molar-refractivity contribution >= 4 is 0 Å². The van der Waals surface area contributed by atoms with Gasteiger partial charge >= 0.3 is 0 Å².